The van der Waals surface area contributed by atoms with Crippen LogP contribution in [0.5, 0.6) is 11.5 Å². The molecular formula is C25H34N4O3. The predicted molar refractivity (Wildman–Crippen MR) is 127 cm³/mol. The zero-order valence-corrected chi connectivity index (χ0v) is 19.5. The van der Waals surface area contributed by atoms with Gasteiger partial charge in [0.25, 0.3) is 0 Å². The van der Waals surface area contributed by atoms with Crippen LogP contribution in [0.2, 0.25) is 0 Å². The molecule has 1 amide bonds. The standard InChI is InChI=1S/C25H34N4O3/c1-18-7-9-19(10-8-18)16-28-25(26-2)27-12-5-6-24(30)29-13-11-20-14-22(31-3)23(32-4)15-21(20)17-29/h7-10,14-15H,5-6,11-13,16-17H2,1-4H3,(H2,26,27,28). The molecule has 2 N–H and O–H groups in total. The summed E-state index contributed by atoms with van der Waals surface area (Å²) in [5.41, 5.74) is 4.79. The van der Waals surface area contributed by atoms with Crippen molar-refractivity contribution in [1.29, 1.82) is 0 Å². The number of nitrogens with zero attached hydrogens (tertiary/aromatic N) is 2. The van der Waals surface area contributed by atoms with Gasteiger partial charge in [-0.15, -0.1) is 0 Å². The Hall–Kier alpha value is -3.22. The van der Waals surface area contributed by atoms with Crippen LogP contribution in [0.3, 0.4) is 0 Å². The van der Waals surface area contributed by atoms with Crippen molar-refractivity contribution < 1.29 is 14.3 Å². The van der Waals surface area contributed by atoms with Gasteiger partial charge >= 0.3 is 0 Å². The van der Waals surface area contributed by atoms with E-state index in [1.54, 1.807) is 21.3 Å². The summed E-state index contributed by atoms with van der Waals surface area (Å²) in [6.45, 7) is 4.82. The number of amides is 1. The summed E-state index contributed by atoms with van der Waals surface area (Å²) < 4.78 is 10.8. The van der Waals surface area contributed by atoms with Crippen LogP contribution in [0.25, 0.3) is 0 Å². The number of aliphatic imine (C=N–C) groups is 1. The van der Waals surface area contributed by atoms with E-state index >= 15 is 0 Å². The Labute approximate surface area is 190 Å². The van der Waals surface area contributed by atoms with E-state index < -0.39 is 0 Å². The lowest BCUT2D eigenvalue weighted by Gasteiger charge is -2.29. The van der Waals surface area contributed by atoms with Crippen molar-refractivity contribution in [2.75, 3.05) is 34.4 Å². The Morgan fingerprint density at radius 1 is 1.06 bits per heavy atom. The molecule has 0 aliphatic carbocycles. The summed E-state index contributed by atoms with van der Waals surface area (Å²) in [5.74, 6) is 2.36. The van der Waals surface area contributed by atoms with E-state index in [0.29, 0.717) is 31.8 Å². The highest BCUT2D eigenvalue weighted by molar-refractivity contribution is 5.80. The van der Waals surface area contributed by atoms with E-state index in [1.807, 2.05) is 17.0 Å². The fourth-order valence-corrected chi connectivity index (χ4v) is 3.81. The molecule has 3 rings (SSSR count). The molecule has 7 nitrogen and oxygen atoms in total. The van der Waals surface area contributed by atoms with E-state index in [9.17, 15) is 4.79 Å². The molecule has 0 bridgehead atoms. The number of carbonyl (C=O) groups is 1. The lowest BCUT2D eigenvalue weighted by atomic mass is 9.98. The summed E-state index contributed by atoms with van der Waals surface area (Å²) in [7, 11) is 5.03. The average molecular weight is 439 g/mol. The van der Waals surface area contributed by atoms with E-state index in [-0.39, 0.29) is 5.91 Å². The number of rotatable bonds is 8. The molecule has 2 aromatic rings. The van der Waals surface area contributed by atoms with Gasteiger partial charge < -0.3 is 25.0 Å². The third-order valence-electron chi connectivity index (χ3n) is 5.73. The zero-order chi connectivity index (χ0) is 22.9. The molecule has 32 heavy (non-hydrogen) atoms. The van der Waals surface area contributed by atoms with Crippen LogP contribution in [0.4, 0.5) is 0 Å². The largest absolute Gasteiger partial charge is 0.493 e. The molecule has 0 saturated carbocycles. The minimum Gasteiger partial charge on any atom is -0.493 e. The Morgan fingerprint density at radius 3 is 2.41 bits per heavy atom. The van der Waals surface area contributed by atoms with Gasteiger partial charge in [-0.25, -0.2) is 0 Å². The molecule has 0 radical (unpaired) electrons. The molecular weight excluding hydrogens is 404 g/mol. The van der Waals surface area contributed by atoms with Crippen LogP contribution in [-0.4, -0.2) is 51.1 Å². The van der Waals surface area contributed by atoms with Gasteiger partial charge in [-0.1, -0.05) is 29.8 Å². The average Bonchev–Trinajstić information content (AvgIpc) is 2.83. The number of aryl methyl sites for hydroxylation is 1. The number of hydrogen-bond donors (Lipinski definition) is 2. The maximum atomic E-state index is 12.7. The van der Waals surface area contributed by atoms with Crippen molar-refractivity contribution in [3.63, 3.8) is 0 Å². The number of ether oxygens (including phenoxy) is 2. The number of hydrogen-bond acceptors (Lipinski definition) is 4. The SMILES string of the molecule is CN=C(NCCCC(=O)N1CCc2cc(OC)c(OC)cc2C1)NCc1ccc(C)cc1. The van der Waals surface area contributed by atoms with Gasteiger partial charge in [0.05, 0.1) is 14.2 Å². The normalized spacial score (nSPS) is 13.4. The van der Waals surface area contributed by atoms with Crippen molar-refractivity contribution in [2.45, 2.75) is 39.3 Å². The van der Waals surface area contributed by atoms with Crippen molar-refractivity contribution in [2.24, 2.45) is 4.99 Å². The van der Waals surface area contributed by atoms with E-state index in [4.69, 9.17) is 9.47 Å². The highest BCUT2D eigenvalue weighted by Crippen LogP contribution is 2.33. The first kappa shape index (κ1) is 23.4. The van der Waals surface area contributed by atoms with Crippen molar-refractivity contribution in [1.82, 2.24) is 15.5 Å². The Bertz CT molecular complexity index is 941. The highest BCUT2D eigenvalue weighted by Gasteiger charge is 2.22. The van der Waals surface area contributed by atoms with Gasteiger partial charge in [0.2, 0.25) is 5.91 Å². The van der Waals surface area contributed by atoms with Crippen molar-refractivity contribution in [3.8, 4) is 11.5 Å². The van der Waals surface area contributed by atoms with Gasteiger partial charge in [0.15, 0.2) is 17.5 Å². The molecule has 0 fully saturated rings. The van der Waals surface area contributed by atoms with Gasteiger partial charge in [-0.05, 0) is 48.6 Å². The number of guanidine groups is 1. The third kappa shape index (κ3) is 6.15. The first-order valence-electron chi connectivity index (χ1n) is 11.1. The van der Waals surface area contributed by atoms with Gasteiger partial charge in [-0.2, -0.15) is 0 Å². The van der Waals surface area contributed by atoms with Crippen LogP contribution < -0.4 is 20.1 Å². The van der Waals surface area contributed by atoms with Crippen LogP contribution in [0, 0.1) is 6.92 Å². The molecule has 1 aliphatic rings. The zero-order valence-electron chi connectivity index (χ0n) is 19.5. The van der Waals surface area contributed by atoms with Crippen LogP contribution in [0.1, 0.15) is 35.1 Å². The topological polar surface area (TPSA) is 75.2 Å². The molecule has 0 atom stereocenters. The second-order valence-electron chi connectivity index (χ2n) is 7.98. The Kier molecular flexibility index (Phi) is 8.36. The van der Waals surface area contributed by atoms with Gasteiger partial charge in [0.1, 0.15) is 0 Å². The molecule has 7 heteroatoms. The minimum atomic E-state index is 0.176. The first-order valence-corrected chi connectivity index (χ1v) is 11.1. The number of methoxy groups -OCH3 is 2. The minimum absolute atomic E-state index is 0.176. The number of nitrogens with one attached hydrogen (secondary N) is 2. The third-order valence-corrected chi connectivity index (χ3v) is 5.73. The summed E-state index contributed by atoms with van der Waals surface area (Å²) in [4.78, 5) is 18.9. The number of fused-ring (bicyclic) bond motifs is 1. The van der Waals surface area contributed by atoms with E-state index in [0.717, 1.165) is 36.7 Å². The fraction of sp³-hybridized carbons (Fsp3) is 0.440. The monoisotopic (exact) mass is 438 g/mol. The summed E-state index contributed by atoms with van der Waals surface area (Å²) in [5, 5.41) is 6.60. The maximum Gasteiger partial charge on any atom is 0.222 e. The van der Waals surface area contributed by atoms with Crippen LogP contribution in [0.15, 0.2) is 41.4 Å². The molecule has 172 valence electrons. The lowest BCUT2D eigenvalue weighted by molar-refractivity contribution is -0.132. The molecule has 2 aromatic carbocycles. The van der Waals surface area contributed by atoms with Crippen LogP contribution in [-0.2, 0) is 24.3 Å². The second kappa shape index (κ2) is 11.4. The highest BCUT2D eigenvalue weighted by atomic mass is 16.5. The molecule has 1 aliphatic heterocycles. The summed E-state index contributed by atoms with van der Waals surface area (Å²) in [6.07, 6.45) is 2.08. The van der Waals surface area contributed by atoms with E-state index in [1.165, 1.54) is 16.7 Å². The van der Waals surface area contributed by atoms with Gasteiger partial charge in [-0.3, -0.25) is 9.79 Å². The molecule has 0 aromatic heterocycles. The first-order chi connectivity index (χ1) is 15.5. The summed E-state index contributed by atoms with van der Waals surface area (Å²) in [6, 6.07) is 12.4. The lowest BCUT2D eigenvalue weighted by Crippen LogP contribution is -2.38. The fourth-order valence-electron chi connectivity index (χ4n) is 3.81. The summed E-state index contributed by atoms with van der Waals surface area (Å²) >= 11 is 0. The molecule has 1 heterocycles. The predicted octanol–water partition coefficient (Wildman–Crippen LogP) is 3.04. The number of carbonyl (C=O) groups excluding carboxylic acids is 1. The maximum absolute atomic E-state index is 12.7. The Balaban J connectivity index is 1.42. The molecule has 0 unspecified atom stereocenters. The van der Waals surface area contributed by atoms with Crippen molar-refractivity contribution in [3.05, 3.63) is 58.7 Å². The Morgan fingerprint density at radius 2 is 1.75 bits per heavy atom. The van der Waals surface area contributed by atoms with Crippen LogP contribution >= 0.6 is 0 Å². The quantitative estimate of drug-likeness (QED) is 0.376. The van der Waals surface area contributed by atoms with E-state index in [2.05, 4.69) is 46.8 Å². The molecule has 0 spiro atoms. The van der Waals surface area contributed by atoms with Gasteiger partial charge in [0, 0.05) is 39.6 Å². The number of benzene rings is 2. The smallest absolute Gasteiger partial charge is 0.222 e. The van der Waals surface area contributed by atoms with Crippen molar-refractivity contribution >= 4 is 11.9 Å². The second-order valence-corrected chi connectivity index (χ2v) is 7.98. The molecule has 0 saturated heterocycles.